The molecular weight excluding hydrogens is 224 g/mol. The quantitative estimate of drug-likeness (QED) is 0.706. The molecule has 18 heavy (non-hydrogen) atoms. The van der Waals surface area contributed by atoms with Gasteiger partial charge in [0.1, 0.15) is 0 Å². The van der Waals surface area contributed by atoms with Crippen molar-refractivity contribution in [2.24, 2.45) is 23.2 Å². The number of hydrogen-bond donors (Lipinski definition) is 1. The average Bonchev–Trinajstić information content (AvgIpc) is 2.33. The van der Waals surface area contributed by atoms with Crippen LogP contribution in [0.1, 0.15) is 59.8 Å². The van der Waals surface area contributed by atoms with Crippen molar-refractivity contribution in [2.75, 3.05) is 0 Å². The average molecular weight is 250 g/mol. The summed E-state index contributed by atoms with van der Waals surface area (Å²) in [4.78, 5) is 11.1. The molecule has 3 atom stereocenters. The number of hydrogen-bond acceptors (Lipinski definition) is 1. The minimum absolute atomic E-state index is 0.355. The van der Waals surface area contributed by atoms with Crippen molar-refractivity contribution < 1.29 is 9.90 Å². The molecule has 0 aliphatic heterocycles. The van der Waals surface area contributed by atoms with Crippen molar-refractivity contribution in [3.05, 3.63) is 11.1 Å². The lowest BCUT2D eigenvalue weighted by atomic mass is 9.54. The molecule has 2 nitrogen and oxygen atoms in total. The zero-order chi connectivity index (χ0) is 13.5. The lowest BCUT2D eigenvalue weighted by Gasteiger charge is -2.51. The molecule has 0 saturated heterocycles. The van der Waals surface area contributed by atoms with Crippen molar-refractivity contribution >= 4 is 5.97 Å². The van der Waals surface area contributed by atoms with Crippen LogP contribution in [0.4, 0.5) is 0 Å². The Kier molecular flexibility index (Phi) is 3.57. The zero-order valence-electron chi connectivity index (χ0n) is 12.1. The first-order valence-electron chi connectivity index (χ1n) is 7.26. The predicted molar refractivity (Wildman–Crippen MR) is 73.3 cm³/mol. The van der Waals surface area contributed by atoms with Crippen LogP contribution in [-0.2, 0) is 4.79 Å². The smallest absolute Gasteiger partial charge is 0.331 e. The number of carboxylic acid groups (broad SMARTS) is 1. The van der Waals surface area contributed by atoms with Gasteiger partial charge in [-0.2, -0.15) is 0 Å². The first-order valence-corrected chi connectivity index (χ1v) is 7.26. The number of rotatable bonds is 1. The normalized spacial score (nSPS) is 37.9. The highest BCUT2D eigenvalue weighted by atomic mass is 16.4. The van der Waals surface area contributed by atoms with E-state index in [9.17, 15) is 4.79 Å². The molecule has 0 radical (unpaired) electrons. The van der Waals surface area contributed by atoms with Crippen LogP contribution in [0.15, 0.2) is 11.1 Å². The van der Waals surface area contributed by atoms with Crippen LogP contribution in [0.5, 0.6) is 0 Å². The van der Waals surface area contributed by atoms with Crippen molar-refractivity contribution in [1.82, 2.24) is 0 Å². The summed E-state index contributed by atoms with van der Waals surface area (Å²) in [5.74, 6) is 1.52. The fraction of sp³-hybridized carbons (Fsp3) is 0.812. The Morgan fingerprint density at radius 1 is 1.28 bits per heavy atom. The van der Waals surface area contributed by atoms with Crippen molar-refractivity contribution in [1.29, 1.82) is 0 Å². The van der Waals surface area contributed by atoms with Gasteiger partial charge in [0.2, 0.25) is 0 Å². The summed E-state index contributed by atoms with van der Waals surface area (Å²) in [6, 6.07) is 0. The van der Waals surface area contributed by atoms with Crippen LogP contribution in [0.3, 0.4) is 0 Å². The minimum Gasteiger partial charge on any atom is -0.478 e. The van der Waals surface area contributed by atoms with Crippen molar-refractivity contribution in [2.45, 2.75) is 59.8 Å². The fourth-order valence-electron chi connectivity index (χ4n) is 4.00. The minimum atomic E-state index is -0.731. The van der Waals surface area contributed by atoms with E-state index in [-0.39, 0.29) is 0 Å². The zero-order valence-corrected chi connectivity index (χ0v) is 12.1. The Bertz CT molecular complexity index is 379. The highest BCUT2D eigenvalue weighted by Crippen LogP contribution is 2.54. The topological polar surface area (TPSA) is 37.3 Å². The molecule has 0 amide bonds. The summed E-state index contributed by atoms with van der Waals surface area (Å²) in [5, 5.41) is 9.15. The SMILES string of the molecule is CC(C(=O)O)=C1CCC2CC[C@H](C)C(C)(C)[C@@H]2C1. The standard InChI is InChI=1S/C16H26O2/c1-10-5-6-12-7-8-13(11(2)15(17)18)9-14(12)16(10,3)4/h10,12,14H,5-9H2,1-4H3,(H,17,18)/t10-,12?,14+/m0/s1. The third-order valence-corrected chi connectivity index (χ3v) is 5.90. The second-order valence-electron chi connectivity index (χ2n) is 6.94. The molecule has 102 valence electrons. The molecule has 0 aromatic heterocycles. The van der Waals surface area contributed by atoms with E-state index < -0.39 is 5.97 Å². The summed E-state index contributed by atoms with van der Waals surface area (Å²) in [5.41, 5.74) is 2.15. The number of allylic oxidation sites excluding steroid dienone is 1. The van der Waals surface area contributed by atoms with Gasteiger partial charge in [0.15, 0.2) is 0 Å². The first kappa shape index (κ1) is 13.6. The van der Waals surface area contributed by atoms with Crippen LogP contribution in [0, 0.1) is 23.2 Å². The Labute approximate surface area is 110 Å². The number of carbonyl (C=O) groups is 1. The maximum absolute atomic E-state index is 11.1. The molecule has 2 rings (SSSR count). The van der Waals surface area contributed by atoms with E-state index in [1.54, 1.807) is 6.92 Å². The van der Waals surface area contributed by atoms with Gasteiger partial charge in [-0.3, -0.25) is 0 Å². The van der Waals surface area contributed by atoms with Gasteiger partial charge >= 0.3 is 5.97 Å². The highest BCUT2D eigenvalue weighted by molar-refractivity contribution is 5.86. The third-order valence-electron chi connectivity index (χ3n) is 5.90. The van der Waals surface area contributed by atoms with E-state index in [0.717, 1.165) is 24.7 Å². The third kappa shape index (κ3) is 2.22. The first-order chi connectivity index (χ1) is 8.34. The monoisotopic (exact) mass is 250 g/mol. The van der Waals surface area contributed by atoms with Gasteiger partial charge < -0.3 is 5.11 Å². The van der Waals surface area contributed by atoms with E-state index in [4.69, 9.17) is 5.11 Å². The van der Waals surface area contributed by atoms with Crippen molar-refractivity contribution in [3.8, 4) is 0 Å². The van der Waals surface area contributed by atoms with Gasteiger partial charge in [-0.05, 0) is 62.2 Å². The Morgan fingerprint density at radius 2 is 1.94 bits per heavy atom. The molecule has 1 unspecified atom stereocenters. The lowest BCUT2D eigenvalue weighted by Crippen LogP contribution is -2.42. The number of aliphatic carboxylic acids is 1. The van der Waals surface area contributed by atoms with Crippen LogP contribution in [0.2, 0.25) is 0 Å². The molecule has 0 heterocycles. The summed E-state index contributed by atoms with van der Waals surface area (Å²) < 4.78 is 0. The molecule has 1 N–H and O–H groups in total. The number of fused-ring (bicyclic) bond motifs is 1. The second kappa shape index (κ2) is 4.71. The molecule has 0 aromatic carbocycles. The molecule has 2 fully saturated rings. The maximum atomic E-state index is 11.1. The highest BCUT2D eigenvalue weighted by Gasteiger charge is 2.45. The van der Waals surface area contributed by atoms with E-state index in [0.29, 0.717) is 16.9 Å². The molecule has 2 saturated carbocycles. The molecule has 0 spiro atoms. The summed E-state index contributed by atoms with van der Waals surface area (Å²) in [7, 11) is 0. The Morgan fingerprint density at radius 3 is 2.56 bits per heavy atom. The molecule has 0 aromatic rings. The molecule has 2 aliphatic rings. The second-order valence-corrected chi connectivity index (χ2v) is 6.94. The predicted octanol–water partition coefficient (Wildman–Crippen LogP) is 4.26. The fourth-order valence-corrected chi connectivity index (χ4v) is 4.00. The van der Waals surface area contributed by atoms with Crippen LogP contribution >= 0.6 is 0 Å². The number of carboxylic acids is 1. The van der Waals surface area contributed by atoms with E-state index >= 15 is 0 Å². The molecule has 0 bridgehead atoms. The van der Waals surface area contributed by atoms with Crippen molar-refractivity contribution in [3.63, 3.8) is 0 Å². The van der Waals surface area contributed by atoms with E-state index in [2.05, 4.69) is 20.8 Å². The van der Waals surface area contributed by atoms with Gasteiger partial charge in [-0.15, -0.1) is 0 Å². The van der Waals surface area contributed by atoms with Crippen LogP contribution in [0.25, 0.3) is 0 Å². The van der Waals surface area contributed by atoms with Gasteiger partial charge in [-0.1, -0.05) is 26.3 Å². The molecule has 2 aliphatic carbocycles. The molecular formula is C16H26O2. The summed E-state index contributed by atoms with van der Waals surface area (Å²) in [6.07, 6.45) is 5.89. The maximum Gasteiger partial charge on any atom is 0.331 e. The van der Waals surface area contributed by atoms with Gasteiger partial charge in [0.25, 0.3) is 0 Å². The van der Waals surface area contributed by atoms with Gasteiger partial charge in [-0.25, -0.2) is 4.79 Å². The van der Waals surface area contributed by atoms with Gasteiger partial charge in [0.05, 0.1) is 0 Å². The largest absolute Gasteiger partial charge is 0.478 e. The van der Waals surface area contributed by atoms with Crippen LogP contribution < -0.4 is 0 Å². The Hall–Kier alpha value is -0.790. The van der Waals surface area contributed by atoms with E-state index in [1.807, 2.05) is 0 Å². The summed E-state index contributed by atoms with van der Waals surface area (Å²) >= 11 is 0. The summed E-state index contributed by atoms with van der Waals surface area (Å²) in [6.45, 7) is 8.90. The van der Waals surface area contributed by atoms with Crippen LogP contribution in [-0.4, -0.2) is 11.1 Å². The van der Waals surface area contributed by atoms with E-state index in [1.165, 1.54) is 24.8 Å². The molecule has 2 heteroatoms. The Balaban J connectivity index is 2.25. The lowest BCUT2D eigenvalue weighted by molar-refractivity contribution is -0.132. The van der Waals surface area contributed by atoms with Gasteiger partial charge in [0, 0.05) is 5.57 Å².